The summed E-state index contributed by atoms with van der Waals surface area (Å²) in [5.41, 5.74) is 5.79. The Morgan fingerprint density at radius 2 is 2.08 bits per heavy atom. The van der Waals surface area contributed by atoms with Gasteiger partial charge in [0.25, 0.3) is 0 Å². The van der Waals surface area contributed by atoms with Gasteiger partial charge < -0.3 is 10.8 Å². The fraction of sp³-hybridized carbons (Fsp3) is 0. The number of aromatic nitrogens is 1. The largest absolute Gasteiger partial charge is 0.478 e. The summed E-state index contributed by atoms with van der Waals surface area (Å²) < 4.78 is 0.690. The molecule has 0 fully saturated rings. The molecule has 0 atom stereocenters. The number of nitrogens with zero attached hydrogens (tertiary/aromatic N) is 1. The van der Waals surface area contributed by atoms with Gasteiger partial charge >= 0.3 is 5.97 Å². The SMILES string of the molecule is Nc1cc(C(=O)O)c(Br)nc1Br. The first kappa shape index (κ1) is 9.47. The summed E-state index contributed by atoms with van der Waals surface area (Å²) in [6.45, 7) is 0. The van der Waals surface area contributed by atoms with Crippen molar-refractivity contribution in [2.24, 2.45) is 0 Å². The topological polar surface area (TPSA) is 76.2 Å². The quantitative estimate of drug-likeness (QED) is 0.776. The standard InChI is InChI=1S/C6H4Br2N2O2/c7-4-2(6(11)12)1-3(9)5(8)10-4/h1H,9H2,(H,11,12). The van der Waals surface area contributed by atoms with Crippen molar-refractivity contribution in [1.29, 1.82) is 0 Å². The highest BCUT2D eigenvalue weighted by Gasteiger charge is 2.11. The molecule has 0 unspecified atom stereocenters. The molecule has 64 valence electrons. The Balaban J connectivity index is 3.33. The van der Waals surface area contributed by atoms with Crippen molar-refractivity contribution in [2.75, 3.05) is 5.73 Å². The number of nitrogen functional groups attached to an aromatic ring is 1. The first-order valence-electron chi connectivity index (χ1n) is 2.87. The maximum absolute atomic E-state index is 10.5. The number of carbonyl (C=O) groups is 1. The second-order valence-electron chi connectivity index (χ2n) is 2.01. The summed E-state index contributed by atoms with van der Waals surface area (Å²) in [6.07, 6.45) is 0. The Morgan fingerprint density at radius 1 is 1.50 bits per heavy atom. The van der Waals surface area contributed by atoms with E-state index in [1.54, 1.807) is 0 Å². The van der Waals surface area contributed by atoms with Crippen LogP contribution in [-0.4, -0.2) is 16.1 Å². The summed E-state index contributed by atoms with van der Waals surface area (Å²) in [6, 6.07) is 1.34. The van der Waals surface area contributed by atoms with Crippen LogP contribution in [0.3, 0.4) is 0 Å². The van der Waals surface area contributed by atoms with E-state index in [4.69, 9.17) is 10.8 Å². The molecule has 0 bridgehead atoms. The van der Waals surface area contributed by atoms with Crippen molar-refractivity contribution in [3.05, 3.63) is 20.8 Å². The Kier molecular flexibility index (Phi) is 2.69. The molecule has 0 aliphatic heterocycles. The van der Waals surface area contributed by atoms with E-state index in [0.717, 1.165) is 0 Å². The number of anilines is 1. The molecule has 4 nitrogen and oxygen atoms in total. The molecule has 6 heteroatoms. The van der Waals surface area contributed by atoms with Crippen LogP contribution < -0.4 is 5.73 Å². The van der Waals surface area contributed by atoms with Crippen LogP contribution in [0.5, 0.6) is 0 Å². The van der Waals surface area contributed by atoms with Gasteiger partial charge in [-0.25, -0.2) is 9.78 Å². The minimum Gasteiger partial charge on any atom is -0.478 e. The molecule has 0 saturated heterocycles. The Morgan fingerprint density at radius 3 is 2.58 bits per heavy atom. The summed E-state index contributed by atoms with van der Waals surface area (Å²) in [5, 5.41) is 8.64. The van der Waals surface area contributed by atoms with E-state index in [1.807, 2.05) is 0 Å². The summed E-state index contributed by atoms with van der Waals surface area (Å²) in [7, 11) is 0. The lowest BCUT2D eigenvalue weighted by molar-refractivity contribution is 0.0695. The predicted octanol–water partition coefficient (Wildman–Crippen LogP) is 1.89. The van der Waals surface area contributed by atoms with Gasteiger partial charge in [0.15, 0.2) is 0 Å². The highest BCUT2D eigenvalue weighted by molar-refractivity contribution is 9.11. The Hall–Kier alpha value is -0.620. The van der Waals surface area contributed by atoms with Gasteiger partial charge in [0.2, 0.25) is 0 Å². The number of aromatic carboxylic acids is 1. The molecule has 12 heavy (non-hydrogen) atoms. The van der Waals surface area contributed by atoms with E-state index in [-0.39, 0.29) is 10.2 Å². The van der Waals surface area contributed by atoms with Gasteiger partial charge in [-0.1, -0.05) is 0 Å². The third-order valence-corrected chi connectivity index (χ3v) is 2.43. The molecule has 0 aliphatic rings. The van der Waals surface area contributed by atoms with E-state index in [0.29, 0.717) is 10.3 Å². The average molecular weight is 296 g/mol. The predicted molar refractivity (Wildman–Crippen MR) is 51.0 cm³/mol. The lowest BCUT2D eigenvalue weighted by Gasteiger charge is -2.01. The number of nitrogens with two attached hydrogens (primary N) is 1. The van der Waals surface area contributed by atoms with Crippen LogP contribution in [-0.2, 0) is 0 Å². The molecule has 0 aliphatic carbocycles. The van der Waals surface area contributed by atoms with Crippen LogP contribution in [0.1, 0.15) is 10.4 Å². The summed E-state index contributed by atoms with van der Waals surface area (Å²) in [4.78, 5) is 14.4. The molecule has 0 saturated carbocycles. The second-order valence-corrected chi connectivity index (χ2v) is 3.51. The molecular weight excluding hydrogens is 292 g/mol. The van der Waals surface area contributed by atoms with Crippen LogP contribution in [0.25, 0.3) is 0 Å². The molecule has 1 rings (SSSR count). The number of hydrogen-bond donors (Lipinski definition) is 2. The number of halogens is 2. The zero-order chi connectivity index (χ0) is 9.30. The number of hydrogen-bond acceptors (Lipinski definition) is 3. The van der Waals surface area contributed by atoms with Crippen LogP contribution in [0, 0.1) is 0 Å². The van der Waals surface area contributed by atoms with Crippen molar-refractivity contribution in [3.8, 4) is 0 Å². The highest BCUT2D eigenvalue weighted by Crippen LogP contribution is 2.23. The monoisotopic (exact) mass is 294 g/mol. The van der Waals surface area contributed by atoms with Crippen molar-refractivity contribution in [1.82, 2.24) is 4.98 Å². The zero-order valence-corrected chi connectivity index (χ0v) is 8.89. The lowest BCUT2D eigenvalue weighted by Crippen LogP contribution is -2.02. The molecule has 0 aromatic carbocycles. The second kappa shape index (κ2) is 3.40. The minimum absolute atomic E-state index is 0.0516. The van der Waals surface area contributed by atoms with Gasteiger partial charge in [-0.15, -0.1) is 0 Å². The smallest absolute Gasteiger partial charge is 0.338 e. The molecule has 0 spiro atoms. The van der Waals surface area contributed by atoms with Gasteiger partial charge in [-0.3, -0.25) is 0 Å². The summed E-state index contributed by atoms with van der Waals surface area (Å²) >= 11 is 6.07. The maximum Gasteiger partial charge on any atom is 0.338 e. The Bertz CT molecular complexity index is 341. The third kappa shape index (κ3) is 1.75. The third-order valence-electron chi connectivity index (χ3n) is 1.19. The van der Waals surface area contributed by atoms with Crippen LogP contribution in [0.2, 0.25) is 0 Å². The number of carboxylic acids is 1. The molecule has 3 N–H and O–H groups in total. The van der Waals surface area contributed by atoms with E-state index < -0.39 is 5.97 Å². The molecule has 1 aromatic heterocycles. The molecule has 0 radical (unpaired) electrons. The van der Waals surface area contributed by atoms with Crippen molar-refractivity contribution in [2.45, 2.75) is 0 Å². The fourth-order valence-corrected chi connectivity index (χ4v) is 1.63. The van der Waals surface area contributed by atoms with E-state index in [1.165, 1.54) is 6.07 Å². The van der Waals surface area contributed by atoms with Crippen molar-refractivity contribution >= 4 is 43.5 Å². The average Bonchev–Trinajstić information content (AvgIpc) is 1.96. The zero-order valence-electron chi connectivity index (χ0n) is 5.71. The first-order valence-corrected chi connectivity index (χ1v) is 4.45. The van der Waals surface area contributed by atoms with Crippen LogP contribution >= 0.6 is 31.9 Å². The summed E-state index contributed by atoms with van der Waals surface area (Å²) in [5.74, 6) is -1.06. The van der Waals surface area contributed by atoms with Gasteiger partial charge in [-0.2, -0.15) is 0 Å². The van der Waals surface area contributed by atoms with Crippen LogP contribution in [0.15, 0.2) is 15.3 Å². The van der Waals surface area contributed by atoms with Crippen molar-refractivity contribution in [3.63, 3.8) is 0 Å². The Labute approximate surface area is 85.0 Å². The molecule has 1 aromatic rings. The molecule has 1 heterocycles. The number of pyridine rings is 1. The fourth-order valence-electron chi connectivity index (χ4n) is 0.636. The van der Waals surface area contributed by atoms with E-state index in [2.05, 4.69) is 36.8 Å². The van der Waals surface area contributed by atoms with Crippen LogP contribution in [0.4, 0.5) is 5.69 Å². The van der Waals surface area contributed by atoms with E-state index >= 15 is 0 Å². The number of carboxylic acid groups (broad SMARTS) is 1. The van der Waals surface area contributed by atoms with Gasteiger partial charge in [0.05, 0.1) is 11.3 Å². The lowest BCUT2D eigenvalue weighted by atomic mass is 10.3. The van der Waals surface area contributed by atoms with Gasteiger partial charge in [-0.05, 0) is 37.9 Å². The minimum atomic E-state index is -1.06. The normalized spacial score (nSPS) is 9.83. The first-order chi connectivity index (χ1) is 5.52. The molecular formula is C6H4Br2N2O2. The number of rotatable bonds is 1. The van der Waals surface area contributed by atoms with Gasteiger partial charge in [0, 0.05) is 0 Å². The molecule has 0 amide bonds. The maximum atomic E-state index is 10.5. The van der Waals surface area contributed by atoms with E-state index in [9.17, 15) is 4.79 Å². The highest BCUT2D eigenvalue weighted by atomic mass is 79.9. The van der Waals surface area contributed by atoms with Gasteiger partial charge in [0.1, 0.15) is 9.21 Å². The van der Waals surface area contributed by atoms with Crippen molar-refractivity contribution < 1.29 is 9.90 Å².